The number of aliphatic hydroxyl groups is 1. The van der Waals surface area contributed by atoms with Gasteiger partial charge in [-0.05, 0) is 38.0 Å². The third-order valence-electron chi connectivity index (χ3n) is 3.72. The van der Waals surface area contributed by atoms with Crippen molar-refractivity contribution in [2.45, 2.75) is 37.7 Å². The number of nitrogens with two attached hydrogens (primary N) is 1. The van der Waals surface area contributed by atoms with E-state index >= 15 is 0 Å². The Bertz CT molecular complexity index is 314. The Morgan fingerprint density at radius 1 is 1.50 bits per heavy atom. The van der Waals surface area contributed by atoms with Crippen molar-refractivity contribution in [2.24, 2.45) is 17.6 Å². The fraction of sp³-hybridized carbons (Fsp3) is 0.818. The zero-order valence-electron chi connectivity index (χ0n) is 9.24. The number of hydrogen-bond donors (Lipinski definition) is 3. The average molecular weight is 226 g/mol. The number of primary amides is 1. The number of rotatable bonds is 5. The molecule has 2 atom stereocenters. The second-order valence-corrected chi connectivity index (χ2v) is 4.88. The molecule has 0 aromatic carbocycles. The Morgan fingerprint density at radius 3 is 2.62 bits per heavy atom. The molecule has 90 valence electrons. The van der Waals surface area contributed by atoms with Crippen molar-refractivity contribution in [1.82, 2.24) is 5.32 Å². The summed E-state index contributed by atoms with van der Waals surface area (Å²) in [5, 5.41) is 12.9. The highest BCUT2D eigenvalue weighted by Crippen LogP contribution is 2.42. The topological polar surface area (TPSA) is 92.4 Å². The minimum atomic E-state index is -1.39. The lowest BCUT2D eigenvalue weighted by Crippen LogP contribution is -2.46. The van der Waals surface area contributed by atoms with Crippen LogP contribution in [0.15, 0.2) is 0 Å². The molecule has 5 heteroatoms. The first-order valence-corrected chi connectivity index (χ1v) is 5.84. The minimum Gasteiger partial charge on any atom is -0.380 e. The van der Waals surface area contributed by atoms with Crippen LogP contribution in [0.4, 0.5) is 0 Å². The maximum absolute atomic E-state index is 11.3. The summed E-state index contributed by atoms with van der Waals surface area (Å²) in [6.45, 7) is 0.696. The molecule has 2 fully saturated rings. The highest BCUT2D eigenvalue weighted by molar-refractivity contribution is 5.84. The smallest absolute Gasteiger partial charge is 0.249 e. The van der Waals surface area contributed by atoms with Gasteiger partial charge < -0.3 is 16.2 Å². The Labute approximate surface area is 94.4 Å². The van der Waals surface area contributed by atoms with Crippen molar-refractivity contribution < 1.29 is 14.7 Å². The standard InChI is InChI=1S/C11H18N2O3/c12-10(15)11(16,8-1-2-8)5-3-7-4-6-13-9(7)14/h7-8,16H,1-6H2,(H2,12,15)(H,13,14)/t7-,11?/m0/s1. The van der Waals surface area contributed by atoms with Crippen LogP contribution < -0.4 is 11.1 Å². The average Bonchev–Trinajstić information content (AvgIpc) is 3.00. The lowest BCUT2D eigenvalue weighted by molar-refractivity contribution is -0.140. The van der Waals surface area contributed by atoms with Crippen LogP contribution >= 0.6 is 0 Å². The third-order valence-corrected chi connectivity index (χ3v) is 3.72. The Hall–Kier alpha value is -1.10. The van der Waals surface area contributed by atoms with Crippen molar-refractivity contribution in [3.63, 3.8) is 0 Å². The molecular formula is C11H18N2O3. The van der Waals surface area contributed by atoms with Gasteiger partial charge in [-0.1, -0.05) is 0 Å². The molecule has 1 aliphatic carbocycles. The highest BCUT2D eigenvalue weighted by Gasteiger charge is 2.48. The van der Waals surface area contributed by atoms with E-state index in [9.17, 15) is 14.7 Å². The zero-order chi connectivity index (χ0) is 11.8. The molecule has 2 amide bonds. The van der Waals surface area contributed by atoms with E-state index in [0.29, 0.717) is 19.4 Å². The fourth-order valence-electron chi connectivity index (χ4n) is 2.40. The van der Waals surface area contributed by atoms with E-state index in [-0.39, 0.29) is 17.7 Å². The van der Waals surface area contributed by atoms with E-state index in [4.69, 9.17) is 5.73 Å². The first-order chi connectivity index (χ1) is 7.54. The van der Waals surface area contributed by atoms with Crippen LogP contribution in [-0.2, 0) is 9.59 Å². The monoisotopic (exact) mass is 226 g/mol. The molecule has 2 aliphatic rings. The van der Waals surface area contributed by atoms with E-state index in [1.807, 2.05) is 0 Å². The summed E-state index contributed by atoms with van der Waals surface area (Å²) >= 11 is 0. The van der Waals surface area contributed by atoms with E-state index in [0.717, 1.165) is 19.3 Å². The number of hydrogen-bond acceptors (Lipinski definition) is 3. The van der Waals surface area contributed by atoms with Crippen LogP contribution in [0.2, 0.25) is 0 Å². The lowest BCUT2D eigenvalue weighted by Gasteiger charge is -2.25. The van der Waals surface area contributed by atoms with Gasteiger partial charge in [0.15, 0.2) is 0 Å². The second kappa shape index (κ2) is 4.05. The molecule has 4 N–H and O–H groups in total. The van der Waals surface area contributed by atoms with Crippen LogP contribution in [0.3, 0.4) is 0 Å². The predicted molar refractivity (Wildman–Crippen MR) is 57.2 cm³/mol. The maximum Gasteiger partial charge on any atom is 0.249 e. The molecule has 0 radical (unpaired) electrons. The first kappa shape index (κ1) is 11.4. The van der Waals surface area contributed by atoms with Crippen LogP contribution in [0, 0.1) is 11.8 Å². The van der Waals surface area contributed by atoms with Gasteiger partial charge in [0.2, 0.25) is 11.8 Å². The Kier molecular flexibility index (Phi) is 2.88. The van der Waals surface area contributed by atoms with Crippen LogP contribution in [0.25, 0.3) is 0 Å². The molecule has 0 aromatic rings. The zero-order valence-corrected chi connectivity index (χ0v) is 9.24. The van der Waals surface area contributed by atoms with Crippen LogP contribution in [0.5, 0.6) is 0 Å². The molecule has 0 bridgehead atoms. The van der Waals surface area contributed by atoms with Gasteiger partial charge >= 0.3 is 0 Å². The second-order valence-electron chi connectivity index (χ2n) is 4.88. The largest absolute Gasteiger partial charge is 0.380 e. The minimum absolute atomic E-state index is 0.00876. The molecule has 1 unspecified atom stereocenters. The molecule has 1 heterocycles. The molecule has 1 saturated carbocycles. The quantitative estimate of drug-likeness (QED) is 0.591. The normalized spacial score (nSPS) is 28.6. The summed E-state index contributed by atoms with van der Waals surface area (Å²) in [6, 6.07) is 0. The predicted octanol–water partition coefficient (Wildman–Crippen LogP) is -0.471. The summed E-state index contributed by atoms with van der Waals surface area (Å²) in [7, 11) is 0. The van der Waals surface area contributed by atoms with E-state index < -0.39 is 11.5 Å². The van der Waals surface area contributed by atoms with Gasteiger partial charge in [0, 0.05) is 12.5 Å². The number of nitrogens with one attached hydrogen (secondary N) is 1. The lowest BCUT2D eigenvalue weighted by atomic mass is 9.87. The molecule has 0 spiro atoms. The van der Waals surface area contributed by atoms with E-state index in [2.05, 4.69) is 5.32 Å². The molecular weight excluding hydrogens is 208 g/mol. The van der Waals surface area contributed by atoms with Crippen molar-refractivity contribution in [1.29, 1.82) is 0 Å². The van der Waals surface area contributed by atoms with Crippen molar-refractivity contribution in [2.75, 3.05) is 6.54 Å². The van der Waals surface area contributed by atoms with Crippen LogP contribution in [0.1, 0.15) is 32.1 Å². The summed E-state index contributed by atoms with van der Waals surface area (Å²) < 4.78 is 0. The van der Waals surface area contributed by atoms with Gasteiger partial charge in [-0.2, -0.15) is 0 Å². The Morgan fingerprint density at radius 2 is 2.19 bits per heavy atom. The van der Waals surface area contributed by atoms with Gasteiger partial charge in [0.25, 0.3) is 0 Å². The summed E-state index contributed by atoms with van der Waals surface area (Å²) in [4.78, 5) is 22.6. The number of amides is 2. The summed E-state index contributed by atoms with van der Waals surface area (Å²) in [5.74, 6) is -0.671. The van der Waals surface area contributed by atoms with Crippen molar-refractivity contribution in [3.8, 4) is 0 Å². The Balaban J connectivity index is 1.91. The van der Waals surface area contributed by atoms with E-state index in [1.165, 1.54) is 0 Å². The van der Waals surface area contributed by atoms with E-state index in [1.54, 1.807) is 0 Å². The van der Waals surface area contributed by atoms with Crippen molar-refractivity contribution >= 4 is 11.8 Å². The third kappa shape index (κ3) is 2.04. The van der Waals surface area contributed by atoms with Gasteiger partial charge in [0.05, 0.1) is 0 Å². The molecule has 0 aromatic heterocycles. The number of carbonyl (C=O) groups excluding carboxylic acids is 2. The maximum atomic E-state index is 11.3. The van der Waals surface area contributed by atoms with Gasteiger partial charge in [-0.15, -0.1) is 0 Å². The molecule has 1 saturated heterocycles. The SMILES string of the molecule is NC(=O)C(O)(CC[C@H]1CCNC1=O)C1CC1. The first-order valence-electron chi connectivity index (χ1n) is 5.84. The summed E-state index contributed by atoms with van der Waals surface area (Å²) in [5.41, 5.74) is 3.86. The summed E-state index contributed by atoms with van der Waals surface area (Å²) in [6.07, 6.45) is 3.36. The van der Waals surface area contributed by atoms with Gasteiger partial charge in [0.1, 0.15) is 5.60 Å². The molecule has 5 nitrogen and oxygen atoms in total. The van der Waals surface area contributed by atoms with Gasteiger partial charge in [-0.25, -0.2) is 0 Å². The molecule has 16 heavy (non-hydrogen) atoms. The number of carbonyl (C=O) groups is 2. The molecule has 1 aliphatic heterocycles. The van der Waals surface area contributed by atoms with Gasteiger partial charge in [-0.3, -0.25) is 9.59 Å². The highest BCUT2D eigenvalue weighted by atomic mass is 16.3. The van der Waals surface area contributed by atoms with Crippen LogP contribution in [-0.4, -0.2) is 29.1 Å². The fourth-order valence-corrected chi connectivity index (χ4v) is 2.40. The molecule has 2 rings (SSSR count). The van der Waals surface area contributed by atoms with Crippen molar-refractivity contribution in [3.05, 3.63) is 0 Å².